The predicted molar refractivity (Wildman–Crippen MR) is 75.2 cm³/mol. The Labute approximate surface area is 110 Å². The Morgan fingerprint density at radius 3 is 2.50 bits per heavy atom. The van der Waals surface area contributed by atoms with Gasteiger partial charge >= 0.3 is 0 Å². The summed E-state index contributed by atoms with van der Waals surface area (Å²) in [5.41, 5.74) is 0.650. The van der Waals surface area contributed by atoms with Gasteiger partial charge in [0.15, 0.2) is 0 Å². The molecule has 18 heavy (non-hydrogen) atoms. The summed E-state index contributed by atoms with van der Waals surface area (Å²) in [6.07, 6.45) is 0.956. The normalized spacial score (nSPS) is 13.3. The standard InChI is InChI=1S/C13H22N2O2S/c1-4-11(3)10-15-18(16,17)13-9-7-6-8-12(13)14-5-2/h6-9,11,14-15H,4-5,10H2,1-3H3. The summed E-state index contributed by atoms with van der Waals surface area (Å²) in [4.78, 5) is 0.315. The molecule has 1 aromatic rings. The Kier molecular flexibility index (Phi) is 5.62. The maximum absolute atomic E-state index is 12.2. The van der Waals surface area contributed by atoms with Crippen LogP contribution in [0.25, 0.3) is 0 Å². The Morgan fingerprint density at radius 2 is 1.89 bits per heavy atom. The van der Waals surface area contributed by atoms with Crippen LogP contribution >= 0.6 is 0 Å². The molecule has 0 radical (unpaired) electrons. The molecule has 1 rings (SSSR count). The molecule has 0 amide bonds. The highest BCUT2D eigenvalue weighted by atomic mass is 32.2. The van der Waals surface area contributed by atoms with Crippen molar-refractivity contribution in [3.63, 3.8) is 0 Å². The molecule has 0 bridgehead atoms. The topological polar surface area (TPSA) is 58.2 Å². The van der Waals surface area contributed by atoms with E-state index in [2.05, 4.69) is 10.0 Å². The van der Waals surface area contributed by atoms with Gasteiger partial charge in [-0.05, 0) is 25.0 Å². The fraction of sp³-hybridized carbons (Fsp3) is 0.538. The molecule has 0 heterocycles. The summed E-state index contributed by atoms with van der Waals surface area (Å²) in [5, 5.41) is 3.06. The van der Waals surface area contributed by atoms with Crippen molar-refractivity contribution in [2.24, 2.45) is 5.92 Å². The van der Waals surface area contributed by atoms with Gasteiger partial charge in [0, 0.05) is 13.1 Å². The van der Waals surface area contributed by atoms with Crippen LogP contribution in [-0.2, 0) is 10.0 Å². The van der Waals surface area contributed by atoms with Crippen molar-refractivity contribution in [3.8, 4) is 0 Å². The number of hydrogen-bond donors (Lipinski definition) is 2. The molecule has 5 heteroatoms. The number of anilines is 1. The van der Waals surface area contributed by atoms with Crippen LogP contribution in [0.3, 0.4) is 0 Å². The molecule has 0 fully saturated rings. The van der Waals surface area contributed by atoms with Crippen LogP contribution in [0.5, 0.6) is 0 Å². The van der Waals surface area contributed by atoms with E-state index in [0.29, 0.717) is 29.6 Å². The Hall–Kier alpha value is -1.07. The lowest BCUT2D eigenvalue weighted by Crippen LogP contribution is -2.28. The van der Waals surface area contributed by atoms with Gasteiger partial charge in [-0.1, -0.05) is 32.4 Å². The lowest BCUT2D eigenvalue weighted by atomic mass is 10.1. The predicted octanol–water partition coefficient (Wildman–Crippen LogP) is 2.44. The van der Waals surface area contributed by atoms with Crippen LogP contribution in [0.1, 0.15) is 27.2 Å². The molecule has 4 nitrogen and oxygen atoms in total. The molecule has 0 aliphatic rings. The van der Waals surface area contributed by atoms with Crippen LogP contribution < -0.4 is 10.0 Å². The monoisotopic (exact) mass is 270 g/mol. The van der Waals surface area contributed by atoms with Crippen molar-refractivity contribution >= 4 is 15.7 Å². The highest BCUT2D eigenvalue weighted by molar-refractivity contribution is 7.89. The summed E-state index contributed by atoms with van der Waals surface area (Å²) in [7, 11) is -3.43. The highest BCUT2D eigenvalue weighted by Gasteiger charge is 2.18. The number of nitrogens with one attached hydrogen (secondary N) is 2. The lowest BCUT2D eigenvalue weighted by Gasteiger charge is -2.14. The molecule has 1 aromatic carbocycles. The first-order chi connectivity index (χ1) is 8.51. The van der Waals surface area contributed by atoms with Gasteiger partial charge in [0.05, 0.1) is 5.69 Å². The molecule has 0 aliphatic heterocycles. The zero-order valence-electron chi connectivity index (χ0n) is 11.2. The second-order valence-corrected chi connectivity index (χ2v) is 6.13. The Bertz CT molecular complexity index is 472. The van der Waals surface area contributed by atoms with Crippen LogP contribution in [0.2, 0.25) is 0 Å². The second kappa shape index (κ2) is 6.75. The highest BCUT2D eigenvalue weighted by Crippen LogP contribution is 2.20. The van der Waals surface area contributed by atoms with Crippen molar-refractivity contribution in [2.45, 2.75) is 32.1 Å². The number of para-hydroxylation sites is 1. The minimum atomic E-state index is -3.43. The Balaban J connectivity index is 2.90. The molecule has 1 unspecified atom stereocenters. The molecule has 0 saturated carbocycles. The van der Waals surface area contributed by atoms with E-state index in [9.17, 15) is 8.42 Å². The summed E-state index contributed by atoms with van der Waals surface area (Å²) in [5.74, 6) is 0.339. The maximum atomic E-state index is 12.2. The van der Waals surface area contributed by atoms with Gasteiger partial charge in [-0.15, -0.1) is 0 Å². The average Bonchev–Trinajstić information content (AvgIpc) is 2.37. The number of hydrogen-bond acceptors (Lipinski definition) is 3. The van der Waals surface area contributed by atoms with Crippen molar-refractivity contribution in [1.82, 2.24) is 4.72 Å². The fourth-order valence-corrected chi connectivity index (χ4v) is 2.86. The van der Waals surface area contributed by atoms with Gasteiger partial charge in [-0.2, -0.15) is 0 Å². The number of sulfonamides is 1. The van der Waals surface area contributed by atoms with E-state index in [1.807, 2.05) is 26.8 Å². The van der Waals surface area contributed by atoms with Gasteiger partial charge in [0.25, 0.3) is 0 Å². The quantitative estimate of drug-likeness (QED) is 0.800. The van der Waals surface area contributed by atoms with Gasteiger partial charge in [0.2, 0.25) is 10.0 Å². The van der Waals surface area contributed by atoms with Crippen molar-refractivity contribution in [1.29, 1.82) is 0 Å². The van der Waals surface area contributed by atoms with E-state index in [4.69, 9.17) is 0 Å². The van der Waals surface area contributed by atoms with Crippen LogP contribution in [0.4, 0.5) is 5.69 Å². The van der Waals surface area contributed by atoms with E-state index >= 15 is 0 Å². The maximum Gasteiger partial charge on any atom is 0.242 e. The second-order valence-electron chi connectivity index (χ2n) is 4.39. The molecule has 0 saturated heterocycles. The third kappa shape index (κ3) is 3.99. The third-order valence-corrected chi connectivity index (χ3v) is 4.34. The molecular formula is C13H22N2O2S. The SMILES string of the molecule is CCNc1ccccc1S(=O)(=O)NCC(C)CC. The first-order valence-corrected chi connectivity index (χ1v) is 7.82. The zero-order valence-corrected chi connectivity index (χ0v) is 12.0. The number of rotatable bonds is 7. The number of benzene rings is 1. The minimum Gasteiger partial charge on any atom is -0.384 e. The Morgan fingerprint density at radius 1 is 1.22 bits per heavy atom. The zero-order chi connectivity index (χ0) is 13.6. The van der Waals surface area contributed by atoms with E-state index in [1.54, 1.807) is 18.2 Å². The van der Waals surface area contributed by atoms with Crippen molar-refractivity contribution in [3.05, 3.63) is 24.3 Å². The first-order valence-electron chi connectivity index (χ1n) is 6.33. The molecular weight excluding hydrogens is 248 g/mol. The van der Waals surface area contributed by atoms with Crippen LogP contribution in [-0.4, -0.2) is 21.5 Å². The summed E-state index contributed by atoms with van der Waals surface area (Å²) >= 11 is 0. The fourth-order valence-electron chi connectivity index (χ4n) is 1.51. The molecule has 0 aliphatic carbocycles. The van der Waals surface area contributed by atoms with E-state index in [1.165, 1.54) is 0 Å². The average molecular weight is 270 g/mol. The van der Waals surface area contributed by atoms with Crippen molar-refractivity contribution in [2.75, 3.05) is 18.4 Å². The van der Waals surface area contributed by atoms with Gasteiger partial charge in [-0.25, -0.2) is 13.1 Å². The first kappa shape index (κ1) is 15.0. The lowest BCUT2D eigenvalue weighted by molar-refractivity contribution is 0.528. The van der Waals surface area contributed by atoms with E-state index < -0.39 is 10.0 Å². The van der Waals surface area contributed by atoms with Gasteiger partial charge in [0.1, 0.15) is 4.90 Å². The summed E-state index contributed by atoms with van der Waals surface area (Å²) in [6, 6.07) is 6.96. The van der Waals surface area contributed by atoms with Crippen molar-refractivity contribution < 1.29 is 8.42 Å². The summed E-state index contributed by atoms with van der Waals surface area (Å²) < 4.78 is 27.1. The molecule has 0 aromatic heterocycles. The van der Waals surface area contributed by atoms with E-state index in [-0.39, 0.29) is 0 Å². The van der Waals surface area contributed by atoms with Crippen LogP contribution in [0, 0.1) is 5.92 Å². The summed E-state index contributed by atoms with van der Waals surface area (Å²) in [6.45, 7) is 7.18. The van der Waals surface area contributed by atoms with Gasteiger partial charge in [-0.3, -0.25) is 0 Å². The molecule has 1 atom stereocenters. The molecule has 0 spiro atoms. The van der Waals surface area contributed by atoms with Crippen LogP contribution in [0.15, 0.2) is 29.2 Å². The minimum absolute atomic E-state index is 0.315. The smallest absolute Gasteiger partial charge is 0.242 e. The van der Waals surface area contributed by atoms with Gasteiger partial charge < -0.3 is 5.32 Å². The third-order valence-electron chi connectivity index (χ3n) is 2.86. The molecule has 102 valence electrons. The molecule has 2 N–H and O–H groups in total. The largest absolute Gasteiger partial charge is 0.384 e. The van der Waals surface area contributed by atoms with E-state index in [0.717, 1.165) is 6.42 Å².